The molecular formula is C23H16N6O. The minimum atomic E-state index is -0.276. The van der Waals surface area contributed by atoms with Crippen LogP contribution in [0.3, 0.4) is 0 Å². The van der Waals surface area contributed by atoms with Gasteiger partial charge in [-0.2, -0.15) is 5.10 Å². The van der Waals surface area contributed by atoms with Crippen LogP contribution in [0.25, 0.3) is 27.8 Å². The van der Waals surface area contributed by atoms with E-state index in [1.807, 2.05) is 30.3 Å². The van der Waals surface area contributed by atoms with Gasteiger partial charge in [0.25, 0.3) is 5.91 Å². The SMILES string of the molecule is O=C(Nc1cccc(-c2ccc3ccccc3c2)n1)c1ccnc(-n2cncn2)c1. The maximum absolute atomic E-state index is 12.7. The molecule has 30 heavy (non-hydrogen) atoms. The van der Waals surface area contributed by atoms with Crippen LogP contribution in [0.15, 0.2) is 91.6 Å². The summed E-state index contributed by atoms with van der Waals surface area (Å²) >= 11 is 0. The molecule has 0 bridgehead atoms. The minimum absolute atomic E-state index is 0.276. The van der Waals surface area contributed by atoms with Crippen molar-refractivity contribution >= 4 is 22.5 Å². The molecular weight excluding hydrogens is 376 g/mol. The first-order chi connectivity index (χ1) is 14.8. The molecule has 1 amide bonds. The summed E-state index contributed by atoms with van der Waals surface area (Å²) in [6, 6.07) is 23.2. The van der Waals surface area contributed by atoms with Gasteiger partial charge in [-0.15, -0.1) is 0 Å². The predicted molar refractivity (Wildman–Crippen MR) is 114 cm³/mol. The van der Waals surface area contributed by atoms with E-state index >= 15 is 0 Å². The van der Waals surface area contributed by atoms with Crippen molar-refractivity contribution in [3.63, 3.8) is 0 Å². The monoisotopic (exact) mass is 392 g/mol. The molecule has 0 spiro atoms. The minimum Gasteiger partial charge on any atom is -0.307 e. The largest absolute Gasteiger partial charge is 0.307 e. The van der Waals surface area contributed by atoms with Crippen LogP contribution in [-0.4, -0.2) is 30.6 Å². The van der Waals surface area contributed by atoms with E-state index in [0.717, 1.165) is 16.6 Å². The zero-order valence-electron chi connectivity index (χ0n) is 15.8. The Bertz CT molecular complexity index is 1350. The summed E-state index contributed by atoms with van der Waals surface area (Å²) in [4.78, 5) is 25.5. The summed E-state index contributed by atoms with van der Waals surface area (Å²) in [5, 5.41) is 9.21. The molecule has 7 heteroatoms. The van der Waals surface area contributed by atoms with Crippen molar-refractivity contribution in [1.82, 2.24) is 24.7 Å². The smallest absolute Gasteiger partial charge is 0.257 e. The molecule has 0 saturated heterocycles. The number of amides is 1. The molecule has 0 aliphatic rings. The number of benzene rings is 2. The molecule has 0 radical (unpaired) electrons. The second-order valence-corrected chi connectivity index (χ2v) is 6.67. The number of carbonyl (C=O) groups is 1. The van der Waals surface area contributed by atoms with Crippen LogP contribution >= 0.6 is 0 Å². The Balaban J connectivity index is 1.40. The summed E-state index contributed by atoms with van der Waals surface area (Å²) in [6.07, 6.45) is 4.50. The maximum Gasteiger partial charge on any atom is 0.257 e. The number of nitrogens with one attached hydrogen (secondary N) is 1. The molecule has 5 aromatic rings. The molecule has 3 heterocycles. The molecule has 0 atom stereocenters. The van der Waals surface area contributed by atoms with Gasteiger partial charge < -0.3 is 5.32 Å². The third-order valence-electron chi connectivity index (χ3n) is 4.70. The van der Waals surface area contributed by atoms with Crippen molar-refractivity contribution < 1.29 is 4.79 Å². The number of hydrogen-bond donors (Lipinski definition) is 1. The second kappa shape index (κ2) is 7.56. The summed E-state index contributed by atoms with van der Waals surface area (Å²) < 4.78 is 1.50. The third-order valence-corrected chi connectivity index (χ3v) is 4.70. The van der Waals surface area contributed by atoms with Crippen LogP contribution < -0.4 is 5.32 Å². The van der Waals surface area contributed by atoms with Gasteiger partial charge in [0.05, 0.1) is 5.69 Å². The summed E-state index contributed by atoms with van der Waals surface area (Å²) in [6.45, 7) is 0. The summed E-state index contributed by atoms with van der Waals surface area (Å²) in [7, 11) is 0. The Morgan fingerprint density at radius 3 is 2.67 bits per heavy atom. The fraction of sp³-hybridized carbons (Fsp3) is 0. The lowest BCUT2D eigenvalue weighted by Crippen LogP contribution is -2.14. The number of anilines is 1. The van der Waals surface area contributed by atoms with E-state index in [1.54, 1.807) is 24.4 Å². The first-order valence-corrected chi connectivity index (χ1v) is 9.35. The number of fused-ring (bicyclic) bond motifs is 1. The van der Waals surface area contributed by atoms with Crippen LogP contribution in [-0.2, 0) is 0 Å². The van der Waals surface area contributed by atoms with E-state index in [4.69, 9.17) is 0 Å². The van der Waals surface area contributed by atoms with E-state index in [2.05, 4.69) is 49.6 Å². The molecule has 5 rings (SSSR count). The van der Waals surface area contributed by atoms with E-state index in [1.165, 1.54) is 22.7 Å². The number of nitrogens with zero attached hydrogens (tertiary/aromatic N) is 5. The van der Waals surface area contributed by atoms with Crippen molar-refractivity contribution in [3.05, 3.63) is 97.2 Å². The van der Waals surface area contributed by atoms with Crippen molar-refractivity contribution in [2.45, 2.75) is 0 Å². The van der Waals surface area contributed by atoms with Crippen LogP contribution in [0.1, 0.15) is 10.4 Å². The Kier molecular flexibility index (Phi) is 4.46. The van der Waals surface area contributed by atoms with Crippen LogP contribution in [0.2, 0.25) is 0 Å². The zero-order valence-corrected chi connectivity index (χ0v) is 15.8. The van der Waals surface area contributed by atoms with Gasteiger partial charge in [0.2, 0.25) is 0 Å². The van der Waals surface area contributed by atoms with Gasteiger partial charge in [0.15, 0.2) is 5.82 Å². The van der Waals surface area contributed by atoms with Crippen molar-refractivity contribution in [2.24, 2.45) is 0 Å². The lowest BCUT2D eigenvalue weighted by molar-refractivity contribution is 0.102. The van der Waals surface area contributed by atoms with E-state index in [-0.39, 0.29) is 5.91 Å². The molecule has 1 N–H and O–H groups in total. The van der Waals surface area contributed by atoms with Gasteiger partial charge in [-0.3, -0.25) is 4.79 Å². The fourth-order valence-corrected chi connectivity index (χ4v) is 3.21. The Morgan fingerprint density at radius 2 is 1.80 bits per heavy atom. The highest BCUT2D eigenvalue weighted by atomic mass is 16.1. The average molecular weight is 392 g/mol. The van der Waals surface area contributed by atoms with Gasteiger partial charge in [-0.05, 0) is 41.1 Å². The van der Waals surface area contributed by atoms with Gasteiger partial charge >= 0.3 is 0 Å². The van der Waals surface area contributed by atoms with Gasteiger partial charge in [-0.25, -0.2) is 19.6 Å². The third kappa shape index (κ3) is 3.51. The highest BCUT2D eigenvalue weighted by molar-refractivity contribution is 6.04. The standard InChI is InChI=1S/C23H16N6O/c30-23(19-10-11-25-22(13-19)29-15-24-14-26-29)28-21-7-3-6-20(27-21)18-9-8-16-4-1-2-5-17(16)12-18/h1-15H,(H,27,28,30). The molecule has 3 aromatic heterocycles. The van der Waals surface area contributed by atoms with Gasteiger partial charge in [-0.1, -0.05) is 42.5 Å². The second-order valence-electron chi connectivity index (χ2n) is 6.67. The zero-order chi connectivity index (χ0) is 20.3. The van der Waals surface area contributed by atoms with Crippen LogP contribution in [0.4, 0.5) is 5.82 Å². The number of pyridine rings is 2. The highest BCUT2D eigenvalue weighted by Crippen LogP contribution is 2.24. The van der Waals surface area contributed by atoms with E-state index in [9.17, 15) is 4.79 Å². The molecule has 0 saturated carbocycles. The molecule has 144 valence electrons. The Labute approximate surface area is 172 Å². The summed E-state index contributed by atoms with van der Waals surface area (Å²) in [5.41, 5.74) is 2.23. The van der Waals surface area contributed by atoms with Crippen LogP contribution in [0.5, 0.6) is 0 Å². The van der Waals surface area contributed by atoms with Crippen molar-refractivity contribution in [2.75, 3.05) is 5.32 Å². The number of aromatic nitrogens is 5. The first kappa shape index (κ1) is 17.7. The molecule has 0 aliphatic heterocycles. The summed E-state index contributed by atoms with van der Waals surface area (Å²) in [5.74, 6) is 0.713. The quantitative estimate of drug-likeness (QED) is 0.497. The maximum atomic E-state index is 12.7. The predicted octanol–water partition coefficient (Wildman–Crippen LogP) is 4.13. The average Bonchev–Trinajstić information content (AvgIpc) is 3.34. The van der Waals surface area contributed by atoms with E-state index in [0.29, 0.717) is 17.2 Å². The Morgan fingerprint density at radius 1 is 0.900 bits per heavy atom. The van der Waals surface area contributed by atoms with Crippen LogP contribution in [0, 0.1) is 0 Å². The molecule has 2 aromatic carbocycles. The fourth-order valence-electron chi connectivity index (χ4n) is 3.21. The Hall–Kier alpha value is -4.39. The lowest BCUT2D eigenvalue weighted by Gasteiger charge is -2.08. The number of carbonyl (C=O) groups excluding carboxylic acids is 1. The lowest BCUT2D eigenvalue weighted by atomic mass is 10.0. The molecule has 0 aliphatic carbocycles. The number of hydrogen-bond acceptors (Lipinski definition) is 5. The van der Waals surface area contributed by atoms with Gasteiger partial charge in [0, 0.05) is 17.3 Å². The topological polar surface area (TPSA) is 85.6 Å². The number of rotatable bonds is 4. The van der Waals surface area contributed by atoms with E-state index < -0.39 is 0 Å². The van der Waals surface area contributed by atoms with Crippen molar-refractivity contribution in [1.29, 1.82) is 0 Å². The van der Waals surface area contributed by atoms with Gasteiger partial charge in [0.1, 0.15) is 18.5 Å². The van der Waals surface area contributed by atoms with Crippen molar-refractivity contribution in [3.8, 4) is 17.1 Å². The highest BCUT2D eigenvalue weighted by Gasteiger charge is 2.10. The first-order valence-electron chi connectivity index (χ1n) is 9.35. The molecule has 7 nitrogen and oxygen atoms in total. The normalized spacial score (nSPS) is 10.8. The molecule has 0 unspecified atom stereocenters. The molecule has 0 fully saturated rings.